The maximum Gasteiger partial charge on any atom is 0.141 e. The number of rotatable bonds is 1. The van der Waals surface area contributed by atoms with E-state index in [0.717, 1.165) is 21.9 Å². The third-order valence-electron chi connectivity index (χ3n) is 3.90. The van der Waals surface area contributed by atoms with Gasteiger partial charge in [0.1, 0.15) is 28.6 Å². The van der Waals surface area contributed by atoms with E-state index in [2.05, 4.69) is 15.0 Å². The van der Waals surface area contributed by atoms with Crippen LogP contribution in [0.15, 0.2) is 54.7 Å². The summed E-state index contributed by atoms with van der Waals surface area (Å²) in [5.41, 5.74) is 3.27. The summed E-state index contributed by atoms with van der Waals surface area (Å²) >= 11 is 5.89. The van der Waals surface area contributed by atoms with Crippen LogP contribution < -0.4 is 0 Å². The lowest BCUT2D eigenvalue weighted by atomic mass is 10.1. The zero-order valence-electron chi connectivity index (χ0n) is 12.3. The Bertz CT molecular complexity index is 1100. The number of hydrogen-bond donors (Lipinski definition) is 1. The van der Waals surface area contributed by atoms with Crippen LogP contribution in [0.5, 0.6) is 0 Å². The number of halogens is 2. The number of fused-ring (bicyclic) bond motifs is 3. The number of H-pyrrole nitrogens is 1. The first-order chi connectivity index (χ1) is 11.7. The smallest absolute Gasteiger partial charge is 0.141 e. The van der Waals surface area contributed by atoms with Gasteiger partial charge in [-0.3, -0.25) is 0 Å². The Morgan fingerprint density at radius 1 is 1.21 bits per heavy atom. The Kier molecular flexibility index (Phi) is 3.40. The van der Waals surface area contributed by atoms with Crippen LogP contribution in [0.1, 0.15) is 11.3 Å². The summed E-state index contributed by atoms with van der Waals surface area (Å²) in [6.07, 6.45) is 9.81. The molecule has 3 heterocycles. The van der Waals surface area contributed by atoms with Crippen molar-refractivity contribution in [3.63, 3.8) is 0 Å². The molecule has 24 heavy (non-hydrogen) atoms. The maximum atomic E-state index is 13.9. The van der Waals surface area contributed by atoms with Gasteiger partial charge in [-0.2, -0.15) is 5.26 Å². The maximum absolute atomic E-state index is 13.9. The highest BCUT2D eigenvalue weighted by Crippen LogP contribution is 2.29. The van der Waals surface area contributed by atoms with Gasteiger partial charge in [-0.15, -0.1) is 11.6 Å². The highest BCUT2D eigenvalue weighted by atomic mass is 35.5. The van der Waals surface area contributed by atoms with E-state index in [4.69, 9.17) is 16.9 Å². The predicted molar refractivity (Wildman–Crippen MR) is 92.1 cm³/mol. The molecule has 1 atom stereocenters. The van der Waals surface area contributed by atoms with Crippen LogP contribution in [0.25, 0.3) is 27.5 Å². The third kappa shape index (κ3) is 2.38. The Balaban J connectivity index is 1.92. The fraction of sp³-hybridized carbons (Fsp3) is 0.0556. The van der Waals surface area contributed by atoms with E-state index in [1.807, 2.05) is 12.1 Å². The Labute approximate surface area is 141 Å². The van der Waals surface area contributed by atoms with Crippen molar-refractivity contribution in [2.24, 2.45) is 0 Å². The molecule has 1 unspecified atom stereocenters. The molecule has 0 spiro atoms. The summed E-state index contributed by atoms with van der Waals surface area (Å²) in [7, 11) is 0. The number of pyridine rings is 2. The van der Waals surface area contributed by atoms with Crippen molar-refractivity contribution in [1.82, 2.24) is 15.0 Å². The second-order valence-electron chi connectivity index (χ2n) is 5.41. The average Bonchev–Trinajstić information content (AvgIpc) is 2.88. The molecule has 1 N–H and O–H groups in total. The minimum absolute atomic E-state index is 0.335. The molecule has 0 amide bonds. The van der Waals surface area contributed by atoms with Crippen LogP contribution >= 0.6 is 11.6 Å². The van der Waals surface area contributed by atoms with Crippen LogP contribution in [0.2, 0.25) is 0 Å². The van der Waals surface area contributed by atoms with Gasteiger partial charge in [-0.05, 0) is 23.8 Å². The van der Waals surface area contributed by atoms with Crippen LogP contribution in [0, 0.1) is 11.3 Å². The van der Waals surface area contributed by atoms with Crippen molar-refractivity contribution in [3.05, 3.63) is 65.9 Å². The molecular weight excluding hydrogens is 327 g/mol. The molecule has 0 saturated heterocycles. The van der Waals surface area contributed by atoms with Gasteiger partial charge in [-0.25, -0.2) is 14.4 Å². The molecule has 1 aliphatic carbocycles. The van der Waals surface area contributed by atoms with Crippen molar-refractivity contribution in [3.8, 4) is 6.07 Å². The van der Waals surface area contributed by atoms with E-state index in [0.29, 0.717) is 16.9 Å². The van der Waals surface area contributed by atoms with Crippen LogP contribution in [0.3, 0.4) is 0 Å². The summed E-state index contributed by atoms with van der Waals surface area (Å²) in [6, 6.07) is 5.66. The Morgan fingerprint density at radius 3 is 2.92 bits per heavy atom. The van der Waals surface area contributed by atoms with Gasteiger partial charge in [-0.1, -0.05) is 18.2 Å². The normalized spacial score (nSPS) is 17.5. The molecule has 3 aromatic heterocycles. The van der Waals surface area contributed by atoms with Crippen molar-refractivity contribution in [1.29, 1.82) is 5.26 Å². The molecule has 3 aromatic rings. The van der Waals surface area contributed by atoms with Gasteiger partial charge in [0.25, 0.3) is 0 Å². The van der Waals surface area contributed by atoms with Crippen molar-refractivity contribution >= 4 is 39.1 Å². The predicted octanol–water partition coefficient (Wildman–Crippen LogP) is 4.40. The highest BCUT2D eigenvalue weighted by molar-refractivity contribution is 6.23. The molecule has 4 nitrogen and oxygen atoms in total. The summed E-state index contributed by atoms with van der Waals surface area (Å²) in [6.45, 7) is 0. The molecule has 4 rings (SSSR count). The molecule has 6 heteroatoms. The van der Waals surface area contributed by atoms with Gasteiger partial charge < -0.3 is 4.98 Å². The van der Waals surface area contributed by atoms with E-state index in [9.17, 15) is 4.39 Å². The number of alkyl halides is 1. The third-order valence-corrected chi connectivity index (χ3v) is 4.25. The summed E-state index contributed by atoms with van der Waals surface area (Å²) in [4.78, 5) is 11.6. The van der Waals surface area contributed by atoms with Gasteiger partial charge in [0.2, 0.25) is 0 Å². The van der Waals surface area contributed by atoms with Crippen molar-refractivity contribution in [2.75, 3.05) is 0 Å². The molecule has 1 aliphatic rings. The lowest BCUT2D eigenvalue weighted by molar-refractivity contribution is 0.622. The minimum Gasteiger partial charge on any atom is -0.338 e. The molecule has 0 saturated carbocycles. The largest absolute Gasteiger partial charge is 0.338 e. The summed E-state index contributed by atoms with van der Waals surface area (Å²) in [5, 5.41) is 9.99. The number of aromatic nitrogens is 3. The fourth-order valence-electron chi connectivity index (χ4n) is 2.70. The highest BCUT2D eigenvalue weighted by Gasteiger charge is 2.13. The lowest BCUT2D eigenvalue weighted by Gasteiger charge is -2.03. The van der Waals surface area contributed by atoms with Crippen molar-refractivity contribution in [2.45, 2.75) is 5.38 Å². The monoisotopic (exact) mass is 336 g/mol. The summed E-state index contributed by atoms with van der Waals surface area (Å²) in [5.74, 6) is -0.411. The Hall–Kier alpha value is -2.97. The van der Waals surface area contributed by atoms with E-state index in [1.54, 1.807) is 36.7 Å². The van der Waals surface area contributed by atoms with Gasteiger partial charge in [0.15, 0.2) is 0 Å². The van der Waals surface area contributed by atoms with Crippen molar-refractivity contribution < 1.29 is 4.39 Å². The van der Waals surface area contributed by atoms with E-state index in [-0.39, 0.29) is 0 Å². The first-order valence-corrected chi connectivity index (χ1v) is 7.67. The van der Waals surface area contributed by atoms with Gasteiger partial charge >= 0.3 is 0 Å². The van der Waals surface area contributed by atoms with Gasteiger partial charge in [0.05, 0.1) is 11.7 Å². The Morgan fingerprint density at radius 2 is 2.08 bits per heavy atom. The van der Waals surface area contributed by atoms with Crippen LogP contribution in [-0.2, 0) is 0 Å². The fourth-order valence-corrected chi connectivity index (χ4v) is 2.85. The first kappa shape index (κ1) is 14.6. The molecule has 0 aromatic carbocycles. The van der Waals surface area contributed by atoms with E-state index < -0.39 is 11.2 Å². The number of nitriles is 1. The second-order valence-corrected chi connectivity index (χ2v) is 5.88. The zero-order chi connectivity index (χ0) is 16.7. The molecular formula is C18H10ClFN4. The standard InChI is InChI=1S/C18H10ClFN4/c19-15-3-1-2-10(5-16(15)20)11-4-14-13-6-12(7-21)22-9-17(13)24-18(14)23-8-11/h1-6,8-9,15H,(H,23,24). The van der Waals surface area contributed by atoms with E-state index in [1.165, 1.54) is 6.08 Å². The molecule has 0 fully saturated rings. The summed E-state index contributed by atoms with van der Waals surface area (Å²) < 4.78 is 13.9. The van der Waals surface area contributed by atoms with Crippen LogP contribution in [-0.4, -0.2) is 20.3 Å². The number of hydrogen-bond acceptors (Lipinski definition) is 3. The van der Waals surface area contributed by atoms with Gasteiger partial charge in [0, 0.05) is 22.5 Å². The number of nitrogens with one attached hydrogen (secondary N) is 1. The first-order valence-electron chi connectivity index (χ1n) is 7.23. The van der Waals surface area contributed by atoms with E-state index >= 15 is 0 Å². The van der Waals surface area contributed by atoms with Crippen LogP contribution in [0.4, 0.5) is 4.39 Å². The second kappa shape index (κ2) is 5.59. The number of allylic oxidation sites excluding steroid dienone is 6. The molecule has 0 radical (unpaired) electrons. The SMILES string of the molecule is N#Cc1cc2c(cn1)[nH]c1ncc(C3=CC=CC(Cl)C(F)=C3)cc12. The number of nitrogens with zero attached hydrogens (tertiary/aromatic N) is 3. The quantitative estimate of drug-likeness (QED) is 0.670. The lowest BCUT2D eigenvalue weighted by Crippen LogP contribution is -1.92. The average molecular weight is 337 g/mol. The topological polar surface area (TPSA) is 65.4 Å². The molecule has 0 aliphatic heterocycles. The minimum atomic E-state index is -0.757. The zero-order valence-corrected chi connectivity index (χ0v) is 13.0. The molecule has 116 valence electrons. The number of aromatic amines is 1. The molecule has 0 bridgehead atoms.